The van der Waals surface area contributed by atoms with Crippen LogP contribution in [0.5, 0.6) is 0 Å². The average Bonchev–Trinajstić information content (AvgIpc) is 2.44. The van der Waals surface area contributed by atoms with E-state index < -0.39 is 11.9 Å². The normalized spacial score (nSPS) is 12.5. The third-order valence-electron chi connectivity index (χ3n) is 3.05. The Bertz CT molecular complexity index is 664. The van der Waals surface area contributed by atoms with E-state index in [4.69, 9.17) is 11.6 Å². The lowest BCUT2D eigenvalue weighted by Crippen LogP contribution is -2.23. The summed E-state index contributed by atoms with van der Waals surface area (Å²) in [5, 5.41) is 3.56. The number of rotatable bonds is 4. The predicted octanol–water partition coefficient (Wildman–Crippen LogP) is 5.84. The van der Waals surface area contributed by atoms with Gasteiger partial charge in [-0.25, -0.2) is 8.78 Å². The number of halogens is 5. The van der Waals surface area contributed by atoms with Gasteiger partial charge >= 0.3 is 0 Å². The molecule has 2 aromatic carbocycles. The van der Waals surface area contributed by atoms with Crippen LogP contribution in [-0.4, -0.2) is 6.54 Å². The molecule has 2 aromatic rings. The molecule has 21 heavy (non-hydrogen) atoms. The standard InChI is InChI=1S/C15H12Br2ClF2N/c1-2-21-15(8-4-3-5-12(19)14(8)17)9-6-11(18)10(16)7-13(9)20/h3-7,15,21H,2H2,1H3. The van der Waals surface area contributed by atoms with Gasteiger partial charge in [-0.1, -0.05) is 30.7 Å². The number of hydrogen-bond acceptors (Lipinski definition) is 1. The van der Waals surface area contributed by atoms with Gasteiger partial charge in [-0.3, -0.25) is 0 Å². The summed E-state index contributed by atoms with van der Waals surface area (Å²) in [6.45, 7) is 2.50. The Kier molecular flexibility index (Phi) is 5.77. The molecule has 0 aliphatic rings. The predicted molar refractivity (Wildman–Crippen MR) is 88.7 cm³/mol. The Morgan fingerprint density at radius 2 is 1.86 bits per heavy atom. The van der Waals surface area contributed by atoms with Crippen molar-refractivity contribution in [2.45, 2.75) is 13.0 Å². The van der Waals surface area contributed by atoms with E-state index in [2.05, 4.69) is 37.2 Å². The Morgan fingerprint density at radius 1 is 1.14 bits per heavy atom. The first kappa shape index (κ1) is 16.9. The van der Waals surface area contributed by atoms with Gasteiger partial charge in [-0.15, -0.1) is 0 Å². The van der Waals surface area contributed by atoms with Crippen LogP contribution in [0.3, 0.4) is 0 Å². The van der Waals surface area contributed by atoms with E-state index in [1.807, 2.05) is 6.92 Å². The first-order chi connectivity index (χ1) is 9.95. The van der Waals surface area contributed by atoms with Gasteiger partial charge in [0.05, 0.1) is 15.5 Å². The van der Waals surface area contributed by atoms with Gasteiger partial charge in [0, 0.05) is 10.0 Å². The smallest absolute Gasteiger partial charge is 0.137 e. The van der Waals surface area contributed by atoms with Crippen LogP contribution < -0.4 is 5.32 Å². The zero-order valence-electron chi connectivity index (χ0n) is 11.1. The summed E-state index contributed by atoms with van der Waals surface area (Å²) in [6.07, 6.45) is 0. The Balaban J connectivity index is 2.59. The molecule has 0 heterocycles. The molecule has 0 radical (unpaired) electrons. The minimum atomic E-state index is -0.495. The summed E-state index contributed by atoms with van der Waals surface area (Å²) in [5.74, 6) is -0.799. The van der Waals surface area contributed by atoms with Crippen LogP contribution in [-0.2, 0) is 0 Å². The van der Waals surface area contributed by atoms with E-state index in [1.54, 1.807) is 18.2 Å². The molecule has 0 aliphatic carbocycles. The topological polar surface area (TPSA) is 12.0 Å². The third kappa shape index (κ3) is 3.65. The molecule has 2 rings (SSSR count). The maximum Gasteiger partial charge on any atom is 0.137 e. The SMILES string of the molecule is CCNC(c1cc(Cl)c(Br)cc1F)c1cccc(F)c1Br. The molecule has 0 fully saturated rings. The minimum Gasteiger partial charge on any atom is -0.306 e. The molecule has 1 atom stereocenters. The van der Waals surface area contributed by atoms with Crippen molar-refractivity contribution >= 4 is 43.5 Å². The van der Waals surface area contributed by atoms with Crippen LogP contribution in [0.4, 0.5) is 8.78 Å². The highest BCUT2D eigenvalue weighted by molar-refractivity contribution is 9.10. The fourth-order valence-corrected chi connectivity index (χ4v) is 3.07. The molecule has 0 spiro atoms. The molecule has 112 valence electrons. The van der Waals surface area contributed by atoms with Gasteiger partial charge < -0.3 is 5.32 Å². The van der Waals surface area contributed by atoms with Crippen LogP contribution >= 0.6 is 43.5 Å². The molecule has 1 nitrogen and oxygen atoms in total. The number of benzene rings is 2. The van der Waals surface area contributed by atoms with E-state index in [0.717, 1.165) is 0 Å². The van der Waals surface area contributed by atoms with Gasteiger partial charge in [0.15, 0.2) is 0 Å². The molecule has 0 aromatic heterocycles. The van der Waals surface area contributed by atoms with Gasteiger partial charge in [-0.2, -0.15) is 0 Å². The quantitative estimate of drug-likeness (QED) is 0.590. The lowest BCUT2D eigenvalue weighted by Gasteiger charge is -2.21. The van der Waals surface area contributed by atoms with Gasteiger partial charge in [0.1, 0.15) is 11.6 Å². The summed E-state index contributed by atoms with van der Waals surface area (Å²) in [5.41, 5.74) is 0.991. The van der Waals surface area contributed by atoms with Crippen LogP contribution in [0.2, 0.25) is 5.02 Å². The highest BCUT2D eigenvalue weighted by atomic mass is 79.9. The van der Waals surface area contributed by atoms with Crippen LogP contribution in [0, 0.1) is 11.6 Å². The largest absolute Gasteiger partial charge is 0.306 e. The highest BCUT2D eigenvalue weighted by Gasteiger charge is 2.22. The fraction of sp³-hybridized carbons (Fsp3) is 0.200. The van der Waals surface area contributed by atoms with E-state index in [-0.39, 0.29) is 5.82 Å². The first-order valence-corrected chi connectivity index (χ1v) is 8.23. The molecule has 0 saturated carbocycles. The molecule has 0 aliphatic heterocycles. The molecular weight excluding hydrogens is 427 g/mol. The van der Waals surface area contributed by atoms with Crippen molar-refractivity contribution in [3.8, 4) is 0 Å². The zero-order chi connectivity index (χ0) is 15.6. The molecule has 6 heteroatoms. The average molecular weight is 440 g/mol. The Hall–Kier alpha value is -0.490. The van der Waals surface area contributed by atoms with Crippen LogP contribution in [0.1, 0.15) is 24.1 Å². The van der Waals surface area contributed by atoms with E-state index in [1.165, 1.54) is 12.1 Å². The second kappa shape index (κ2) is 7.18. The zero-order valence-corrected chi connectivity index (χ0v) is 15.0. The molecule has 0 bridgehead atoms. The summed E-state index contributed by atoms with van der Waals surface area (Å²) < 4.78 is 28.8. The number of nitrogens with one attached hydrogen (secondary N) is 1. The lowest BCUT2D eigenvalue weighted by atomic mass is 9.98. The van der Waals surface area contributed by atoms with Crippen molar-refractivity contribution in [1.82, 2.24) is 5.32 Å². The second-order valence-electron chi connectivity index (χ2n) is 4.42. The van der Waals surface area contributed by atoms with Crippen molar-refractivity contribution in [1.29, 1.82) is 0 Å². The molecule has 1 N–H and O–H groups in total. The second-order valence-corrected chi connectivity index (χ2v) is 6.48. The molecule has 0 amide bonds. The van der Waals surface area contributed by atoms with Crippen LogP contribution in [0.25, 0.3) is 0 Å². The van der Waals surface area contributed by atoms with E-state index in [9.17, 15) is 8.78 Å². The maximum absolute atomic E-state index is 14.3. The monoisotopic (exact) mass is 437 g/mol. The van der Waals surface area contributed by atoms with Gasteiger partial charge in [-0.05, 0) is 62.2 Å². The van der Waals surface area contributed by atoms with Crippen LogP contribution in [0.15, 0.2) is 39.3 Å². The van der Waals surface area contributed by atoms with E-state index >= 15 is 0 Å². The van der Waals surface area contributed by atoms with Crippen molar-refractivity contribution < 1.29 is 8.78 Å². The Morgan fingerprint density at radius 3 is 2.52 bits per heavy atom. The summed E-state index contributed by atoms with van der Waals surface area (Å²) in [7, 11) is 0. The summed E-state index contributed by atoms with van der Waals surface area (Å²) >= 11 is 12.5. The summed E-state index contributed by atoms with van der Waals surface area (Å²) in [6, 6.07) is 7.06. The molecule has 1 unspecified atom stereocenters. The van der Waals surface area contributed by atoms with Crippen molar-refractivity contribution in [3.05, 3.63) is 67.1 Å². The van der Waals surface area contributed by atoms with Crippen molar-refractivity contribution in [3.63, 3.8) is 0 Å². The molecule has 0 saturated heterocycles. The minimum absolute atomic E-state index is 0.314. The maximum atomic E-state index is 14.3. The van der Waals surface area contributed by atoms with Gasteiger partial charge in [0.25, 0.3) is 0 Å². The summed E-state index contributed by atoms with van der Waals surface area (Å²) in [4.78, 5) is 0. The van der Waals surface area contributed by atoms with Crippen molar-refractivity contribution in [2.75, 3.05) is 6.54 Å². The Labute approximate surface area is 144 Å². The highest BCUT2D eigenvalue weighted by Crippen LogP contribution is 2.35. The first-order valence-electron chi connectivity index (χ1n) is 6.27. The van der Waals surface area contributed by atoms with Crippen molar-refractivity contribution in [2.24, 2.45) is 0 Å². The fourth-order valence-electron chi connectivity index (χ4n) is 2.09. The molecular formula is C15H12Br2ClF2N. The lowest BCUT2D eigenvalue weighted by molar-refractivity contribution is 0.551. The third-order valence-corrected chi connectivity index (χ3v) is 5.09. The van der Waals surface area contributed by atoms with E-state index in [0.29, 0.717) is 31.6 Å². The number of hydrogen-bond donors (Lipinski definition) is 1. The van der Waals surface area contributed by atoms with Gasteiger partial charge in [0.2, 0.25) is 0 Å².